The second-order valence-corrected chi connectivity index (χ2v) is 4.31. The maximum atomic E-state index is 5.11. The van der Waals surface area contributed by atoms with Crippen molar-refractivity contribution in [1.29, 1.82) is 0 Å². The first kappa shape index (κ1) is 11.0. The van der Waals surface area contributed by atoms with E-state index in [2.05, 4.69) is 39.3 Å². The number of H-pyrrole nitrogens is 1. The van der Waals surface area contributed by atoms with Gasteiger partial charge in [0, 0.05) is 0 Å². The Morgan fingerprint density at radius 3 is 2.78 bits per heavy atom. The fourth-order valence-electron chi connectivity index (χ4n) is 1.82. The number of aromatic amines is 1. The highest BCUT2D eigenvalue weighted by atomic mass is 32.1. The smallest absolute Gasteiger partial charge is 0.167 e. The van der Waals surface area contributed by atoms with E-state index in [0.717, 1.165) is 17.8 Å². The van der Waals surface area contributed by atoms with Gasteiger partial charge in [0.15, 0.2) is 15.8 Å². The van der Waals surface area contributed by atoms with Gasteiger partial charge >= 0.3 is 0 Å². The number of nitrogens with zero attached hydrogens (tertiary/aromatic N) is 4. The van der Waals surface area contributed by atoms with Gasteiger partial charge in [0.25, 0.3) is 0 Å². The van der Waals surface area contributed by atoms with Crippen molar-refractivity contribution in [3.05, 3.63) is 40.8 Å². The molecule has 18 heavy (non-hydrogen) atoms. The summed E-state index contributed by atoms with van der Waals surface area (Å²) in [6.07, 6.45) is 2.58. The van der Waals surface area contributed by atoms with Gasteiger partial charge in [0.2, 0.25) is 0 Å². The zero-order valence-corrected chi connectivity index (χ0v) is 10.6. The monoisotopic (exact) mass is 257 g/mol. The summed E-state index contributed by atoms with van der Waals surface area (Å²) >= 11 is 5.11. The molecule has 1 N–H and O–H groups in total. The van der Waals surface area contributed by atoms with Crippen LogP contribution in [-0.2, 0) is 6.42 Å². The lowest BCUT2D eigenvalue weighted by molar-refractivity contribution is 0.816. The predicted molar refractivity (Wildman–Crippen MR) is 71.2 cm³/mol. The van der Waals surface area contributed by atoms with E-state index in [9.17, 15) is 0 Å². The van der Waals surface area contributed by atoms with Crippen LogP contribution in [0.15, 0.2) is 30.6 Å². The van der Waals surface area contributed by atoms with Crippen molar-refractivity contribution in [2.24, 2.45) is 0 Å². The van der Waals surface area contributed by atoms with Crippen LogP contribution in [0.25, 0.3) is 16.9 Å². The molecular formula is C12H11N5S. The Hall–Kier alpha value is -2.08. The molecular weight excluding hydrogens is 246 g/mol. The lowest BCUT2D eigenvalue weighted by Gasteiger charge is -2.02. The molecule has 5 nitrogen and oxygen atoms in total. The van der Waals surface area contributed by atoms with E-state index >= 15 is 0 Å². The molecule has 0 saturated heterocycles. The molecule has 0 fully saturated rings. The van der Waals surface area contributed by atoms with Crippen LogP contribution in [0, 0.1) is 4.64 Å². The van der Waals surface area contributed by atoms with Gasteiger partial charge in [0.1, 0.15) is 0 Å². The highest BCUT2D eigenvalue weighted by Gasteiger charge is 2.08. The largest absolute Gasteiger partial charge is 0.329 e. The Labute approximate surface area is 108 Å². The van der Waals surface area contributed by atoms with Crippen LogP contribution in [0.4, 0.5) is 0 Å². The van der Waals surface area contributed by atoms with Crippen molar-refractivity contribution >= 4 is 23.4 Å². The topological polar surface area (TPSA) is 59.4 Å². The molecule has 0 unspecified atom stereocenters. The molecule has 0 aliphatic carbocycles. The van der Waals surface area contributed by atoms with E-state index in [1.54, 1.807) is 11.0 Å². The number of hydrogen-bond donors (Lipinski definition) is 1. The quantitative estimate of drug-likeness (QED) is 0.716. The lowest BCUT2D eigenvalue weighted by Crippen LogP contribution is -1.98. The number of benzene rings is 1. The molecule has 0 radical (unpaired) electrons. The zero-order chi connectivity index (χ0) is 12.5. The minimum Gasteiger partial charge on any atom is -0.329 e. The van der Waals surface area contributed by atoms with Gasteiger partial charge in [-0.05, 0) is 24.1 Å². The Kier molecular flexibility index (Phi) is 2.64. The standard InChI is InChI=1S/C12H11N5S/c1-2-8-3-5-9(6-4-8)17-11-10(15-16-17)12(18)14-7-13-11/h3-7H,2H2,1H3,(H,13,14,18). The summed E-state index contributed by atoms with van der Waals surface area (Å²) < 4.78 is 2.19. The van der Waals surface area contributed by atoms with Crippen LogP contribution in [0.3, 0.4) is 0 Å². The van der Waals surface area contributed by atoms with E-state index in [1.807, 2.05) is 12.1 Å². The summed E-state index contributed by atoms with van der Waals surface area (Å²) in [5.41, 5.74) is 3.62. The van der Waals surface area contributed by atoms with Crippen LogP contribution < -0.4 is 0 Å². The molecule has 0 saturated carbocycles. The summed E-state index contributed by atoms with van der Waals surface area (Å²) in [4.78, 5) is 7.01. The number of nitrogens with one attached hydrogen (secondary N) is 1. The first-order valence-electron chi connectivity index (χ1n) is 5.68. The number of hydrogen-bond acceptors (Lipinski definition) is 4. The zero-order valence-electron chi connectivity index (χ0n) is 9.79. The van der Waals surface area contributed by atoms with Crippen molar-refractivity contribution in [3.8, 4) is 5.69 Å². The van der Waals surface area contributed by atoms with Crippen molar-refractivity contribution < 1.29 is 0 Å². The summed E-state index contributed by atoms with van der Waals surface area (Å²) in [5, 5.41) is 8.16. The molecule has 0 spiro atoms. The van der Waals surface area contributed by atoms with Crippen molar-refractivity contribution in [2.45, 2.75) is 13.3 Å². The SMILES string of the molecule is CCc1ccc(-n2nnc3c(=S)nc[nH]c32)cc1. The molecule has 2 heterocycles. The molecule has 1 aromatic carbocycles. The molecule has 90 valence electrons. The predicted octanol–water partition coefficient (Wildman–Crippen LogP) is 2.44. The fourth-order valence-corrected chi connectivity index (χ4v) is 2.01. The molecule has 6 heteroatoms. The minimum atomic E-state index is 0.458. The highest BCUT2D eigenvalue weighted by molar-refractivity contribution is 7.71. The normalized spacial score (nSPS) is 10.9. The third kappa shape index (κ3) is 1.70. The fraction of sp³-hybridized carbons (Fsp3) is 0.167. The van der Waals surface area contributed by atoms with Crippen LogP contribution in [-0.4, -0.2) is 25.0 Å². The van der Waals surface area contributed by atoms with Gasteiger partial charge in [0.05, 0.1) is 12.0 Å². The van der Waals surface area contributed by atoms with Gasteiger partial charge in [-0.2, -0.15) is 4.68 Å². The Balaban J connectivity index is 2.19. The first-order chi connectivity index (χ1) is 8.79. The number of rotatable bonds is 2. The highest BCUT2D eigenvalue weighted by Crippen LogP contribution is 2.14. The third-order valence-electron chi connectivity index (χ3n) is 2.85. The third-order valence-corrected chi connectivity index (χ3v) is 3.14. The maximum Gasteiger partial charge on any atom is 0.167 e. The summed E-state index contributed by atoms with van der Waals surface area (Å²) in [5.74, 6) is 0. The molecule has 0 amide bonds. The average Bonchev–Trinajstić information content (AvgIpc) is 2.84. The second kappa shape index (κ2) is 4.30. The van der Waals surface area contributed by atoms with Gasteiger partial charge in [-0.3, -0.25) is 0 Å². The van der Waals surface area contributed by atoms with E-state index in [-0.39, 0.29) is 0 Å². The van der Waals surface area contributed by atoms with Gasteiger partial charge in [-0.25, -0.2) is 4.98 Å². The maximum absolute atomic E-state index is 5.11. The van der Waals surface area contributed by atoms with Gasteiger partial charge < -0.3 is 4.98 Å². The Morgan fingerprint density at radius 2 is 2.06 bits per heavy atom. The van der Waals surface area contributed by atoms with Crippen LogP contribution in [0.1, 0.15) is 12.5 Å². The van der Waals surface area contributed by atoms with E-state index in [0.29, 0.717) is 10.2 Å². The Morgan fingerprint density at radius 1 is 1.28 bits per heavy atom. The number of aryl methyl sites for hydroxylation is 1. The van der Waals surface area contributed by atoms with Crippen LogP contribution >= 0.6 is 12.2 Å². The van der Waals surface area contributed by atoms with Crippen LogP contribution in [0.2, 0.25) is 0 Å². The van der Waals surface area contributed by atoms with E-state index in [1.165, 1.54) is 5.56 Å². The van der Waals surface area contributed by atoms with Crippen molar-refractivity contribution in [2.75, 3.05) is 0 Å². The van der Waals surface area contributed by atoms with Gasteiger partial charge in [-0.15, -0.1) is 5.10 Å². The number of fused-ring (bicyclic) bond motifs is 1. The first-order valence-corrected chi connectivity index (χ1v) is 6.09. The summed E-state index contributed by atoms with van der Waals surface area (Å²) in [7, 11) is 0. The molecule has 3 rings (SSSR count). The summed E-state index contributed by atoms with van der Waals surface area (Å²) in [6, 6.07) is 8.20. The van der Waals surface area contributed by atoms with Gasteiger partial charge in [-0.1, -0.05) is 36.5 Å². The molecule has 0 aliphatic heterocycles. The molecule has 0 aliphatic rings. The lowest BCUT2D eigenvalue weighted by atomic mass is 10.1. The Bertz CT molecular complexity index is 741. The van der Waals surface area contributed by atoms with Crippen molar-refractivity contribution in [1.82, 2.24) is 25.0 Å². The van der Waals surface area contributed by atoms with Crippen molar-refractivity contribution in [3.63, 3.8) is 0 Å². The molecule has 2 aromatic heterocycles. The minimum absolute atomic E-state index is 0.458. The number of aromatic nitrogens is 5. The molecule has 3 aromatic rings. The van der Waals surface area contributed by atoms with Crippen LogP contribution in [0.5, 0.6) is 0 Å². The van der Waals surface area contributed by atoms with E-state index in [4.69, 9.17) is 12.2 Å². The molecule has 0 atom stereocenters. The average molecular weight is 257 g/mol. The second-order valence-electron chi connectivity index (χ2n) is 3.93. The summed E-state index contributed by atoms with van der Waals surface area (Å²) in [6.45, 7) is 2.13. The van der Waals surface area contributed by atoms with E-state index < -0.39 is 0 Å². The molecule has 0 bridgehead atoms.